The number of sulfone groups is 1. The Balaban J connectivity index is 1.80. The smallest absolute Gasteiger partial charge is 0.229 e. The van der Waals surface area contributed by atoms with Gasteiger partial charge in [0, 0.05) is 36.4 Å². The van der Waals surface area contributed by atoms with Crippen LogP contribution < -0.4 is 16.4 Å². The summed E-state index contributed by atoms with van der Waals surface area (Å²) in [5.41, 5.74) is 9.77. The van der Waals surface area contributed by atoms with Crippen LogP contribution >= 0.6 is 0 Å². The summed E-state index contributed by atoms with van der Waals surface area (Å²) >= 11 is 0. The first-order chi connectivity index (χ1) is 12.8. The maximum Gasteiger partial charge on any atom is 0.229 e. The second kappa shape index (κ2) is 7.63. The van der Waals surface area contributed by atoms with Crippen LogP contribution in [0.2, 0.25) is 0 Å². The number of hydrogen-bond donors (Lipinski definition) is 3. The van der Waals surface area contributed by atoms with Gasteiger partial charge in [-0.1, -0.05) is 24.3 Å². The number of aromatic nitrogens is 2. The van der Waals surface area contributed by atoms with Crippen LogP contribution in [0.4, 0.5) is 23.1 Å². The van der Waals surface area contributed by atoms with Gasteiger partial charge in [-0.05, 0) is 35.4 Å². The van der Waals surface area contributed by atoms with Gasteiger partial charge in [0.25, 0.3) is 0 Å². The summed E-state index contributed by atoms with van der Waals surface area (Å²) in [7, 11) is -1.25. The molecule has 0 atom stereocenters. The fourth-order valence-electron chi connectivity index (χ4n) is 2.62. The molecule has 4 N–H and O–H groups in total. The summed E-state index contributed by atoms with van der Waals surface area (Å²) in [6, 6.07) is 14.6. The van der Waals surface area contributed by atoms with E-state index in [1.165, 1.54) is 6.26 Å². The highest BCUT2D eigenvalue weighted by Crippen LogP contribution is 2.27. The Bertz CT molecular complexity index is 1030. The van der Waals surface area contributed by atoms with Gasteiger partial charge in [-0.25, -0.2) is 13.4 Å². The lowest BCUT2D eigenvalue weighted by atomic mass is 10.1. The van der Waals surface area contributed by atoms with E-state index in [0.717, 1.165) is 22.4 Å². The maximum atomic E-state index is 11.4. The average molecular weight is 383 g/mol. The average Bonchev–Trinajstić information content (AvgIpc) is 2.63. The van der Waals surface area contributed by atoms with Gasteiger partial charge in [0.1, 0.15) is 5.82 Å². The Morgan fingerprint density at radius 2 is 1.70 bits per heavy atom. The first-order valence-electron chi connectivity index (χ1n) is 8.28. The zero-order valence-electron chi connectivity index (χ0n) is 15.1. The van der Waals surface area contributed by atoms with E-state index in [1.807, 2.05) is 24.3 Å². The Morgan fingerprint density at radius 3 is 2.30 bits per heavy atom. The molecule has 0 fully saturated rings. The highest BCUT2D eigenvalue weighted by atomic mass is 32.2. The van der Waals surface area contributed by atoms with Gasteiger partial charge in [-0.2, -0.15) is 4.98 Å². The monoisotopic (exact) mass is 383 g/mol. The zero-order valence-corrected chi connectivity index (χ0v) is 15.9. The SMILES string of the molecule is CNc1nc(Nc2ccc(CS(C)(=O)=O)cc2)ncc1-c1ccc(N)cc1. The van der Waals surface area contributed by atoms with E-state index >= 15 is 0 Å². The van der Waals surface area contributed by atoms with Gasteiger partial charge in [-0.3, -0.25) is 0 Å². The Labute approximate surface area is 158 Å². The lowest BCUT2D eigenvalue weighted by Crippen LogP contribution is -2.03. The Morgan fingerprint density at radius 1 is 1.04 bits per heavy atom. The Kier molecular flexibility index (Phi) is 5.27. The second-order valence-electron chi connectivity index (χ2n) is 6.22. The van der Waals surface area contributed by atoms with Crippen molar-refractivity contribution in [1.29, 1.82) is 0 Å². The zero-order chi connectivity index (χ0) is 19.4. The summed E-state index contributed by atoms with van der Waals surface area (Å²) < 4.78 is 22.7. The summed E-state index contributed by atoms with van der Waals surface area (Å²) in [5, 5.41) is 6.21. The maximum absolute atomic E-state index is 11.4. The van der Waals surface area contributed by atoms with E-state index in [-0.39, 0.29) is 5.75 Å². The van der Waals surface area contributed by atoms with Crippen LogP contribution in [0.3, 0.4) is 0 Å². The van der Waals surface area contributed by atoms with Gasteiger partial charge >= 0.3 is 0 Å². The molecule has 0 unspecified atom stereocenters. The molecule has 1 aromatic heterocycles. The number of anilines is 4. The molecule has 1 heterocycles. The predicted octanol–water partition coefficient (Wildman–Crippen LogP) is 3.06. The topological polar surface area (TPSA) is 110 Å². The summed E-state index contributed by atoms with van der Waals surface area (Å²) in [6.45, 7) is 0. The van der Waals surface area contributed by atoms with Crippen molar-refractivity contribution in [3.8, 4) is 11.1 Å². The molecule has 0 aliphatic rings. The molecule has 7 nitrogen and oxygen atoms in total. The number of nitrogens with one attached hydrogen (secondary N) is 2. The van der Waals surface area contributed by atoms with Crippen LogP contribution in [-0.2, 0) is 15.6 Å². The van der Waals surface area contributed by atoms with E-state index in [4.69, 9.17) is 5.73 Å². The number of rotatable bonds is 6. The molecule has 0 bridgehead atoms. The minimum atomic E-state index is -3.05. The van der Waals surface area contributed by atoms with Crippen LogP contribution in [0.5, 0.6) is 0 Å². The third-order valence-corrected chi connectivity index (χ3v) is 4.74. The first kappa shape index (κ1) is 18.7. The predicted molar refractivity (Wildman–Crippen MR) is 110 cm³/mol. The standard InChI is InChI=1S/C19H21N5O2S/c1-21-18-17(14-5-7-15(20)8-6-14)11-22-19(24-18)23-16-9-3-13(4-10-16)12-27(2,25)26/h3-11H,12,20H2,1-2H3,(H2,21,22,23,24). The van der Waals surface area contributed by atoms with Crippen LogP contribution in [0.15, 0.2) is 54.7 Å². The fourth-order valence-corrected chi connectivity index (χ4v) is 3.42. The molecule has 0 saturated carbocycles. The first-order valence-corrected chi connectivity index (χ1v) is 10.3. The van der Waals surface area contributed by atoms with Crippen LogP contribution in [0, 0.1) is 0 Å². The van der Waals surface area contributed by atoms with Crippen molar-refractivity contribution < 1.29 is 8.42 Å². The largest absolute Gasteiger partial charge is 0.399 e. The van der Waals surface area contributed by atoms with Crippen molar-refractivity contribution in [2.75, 3.05) is 29.7 Å². The minimum absolute atomic E-state index is 0.0178. The van der Waals surface area contributed by atoms with Crippen LogP contribution in [-0.4, -0.2) is 31.7 Å². The number of nitrogens with zero attached hydrogens (tertiary/aromatic N) is 2. The highest BCUT2D eigenvalue weighted by molar-refractivity contribution is 7.89. The molecule has 0 aliphatic carbocycles. The van der Waals surface area contributed by atoms with E-state index in [2.05, 4.69) is 20.6 Å². The van der Waals surface area contributed by atoms with Crippen LogP contribution in [0.25, 0.3) is 11.1 Å². The van der Waals surface area contributed by atoms with Gasteiger partial charge in [0.15, 0.2) is 9.84 Å². The highest BCUT2D eigenvalue weighted by Gasteiger charge is 2.09. The Hall–Kier alpha value is -3.13. The van der Waals surface area contributed by atoms with Crippen molar-refractivity contribution >= 4 is 33.0 Å². The summed E-state index contributed by atoms with van der Waals surface area (Å²) in [6.07, 6.45) is 2.96. The normalized spacial score (nSPS) is 11.2. The van der Waals surface area contributed by atoms with Crippen LogP contribution in [0.1, 0.15) is 5.56 Å². The van der Waals surface area contributed by atoms with Gasteiger partial charge in [0.05, 0.1) is 5.75 Å². The molecule has 8 heteroatoms. The molecule has 2 aromatic carbocycles. The van der Waals surface area contributed by atoms with Gasteiger partial charge in [-0.15, -0.1) is 0 Å². The molecular weight excluding hydrogens is 362 g/mol. The van der Waals surface area contributed by atoms with E-state index in [0.29, 0.717) is 17.5 Å². The van der Waals surface area contributed by atoms with Gasteiger partial charge < -0.3 is 16.4 Å². The lowest BCUT2D eigenvalue weighted by Gasteiger charge is -2.11. The van der Waals surface area contributed by atoms with Crippen molar-refractivity contribution in [2.24, 2.45) is 0 Å². The molecule has 3 rings (SSSR count). The quantitative estimate of drug-likeness (QED) is 0.561. The van der Waals surface area contributed by atoms with Crippen molar-refractivity contribution in [3.05, 3.63) is 60.3 Å². The second-order valence-corrected chi connectivity index (χ2v) is 8.36. The molecule has 0 amide bonds. The number of nitrogen functional groups attached to an aromatic ring is 1. The third-order valence-electron chi connectivity index (χ3n) is 3.89. The van der Waals surface area contributed by atoms with E-state index in [9.17, 15) is 8.42 Å². The number of hydrogen-bond acceptors (Lipinski definition) is 7. The molecule has 0 radical (unpaired) electrons. The van der Waals surface area contributed by atoms with E-state index in [1.54, 1.807) is 37.5 Å². The van der Waals surface area contributed by atoms with Crippen molar-refractivity contribution in [3.63, 3.8) is 0 Å². The molecule has 0 aliphatic heterocycles. The molecule has 3 aromatic rings. The van der Waals surface area contributed by atoms with Gasteiger partial charge in [0.2, 0.25) is 5.95 Å². The number of nitrogens with two attached hydrogens (primary N) is 1. The molecule has 0 saturated heterocycles. The number of benzene rings is 2. The molecule has 140 valence electrons. The molecule has 27 heavy (non-hydrogen) atoms. The summed E-state index contributed by atoms with van der Waals surface area (Å²) in [5.74, 6) is 1.14. The van der Waals surface area contributed by atoms with Crippen molar-refractivity contribution in [1.82, 2.24) is 9.97 Å². The minimum Gasteiger partial charge on any atom is -0.399 e. The third kappa shape index (κ3) is 4.95. The fraction of sp³-hybridized carbons (Fsp3) is 0.158. The lowest BCUT2D eigenvalue weighted by molar-refractivity contribution is 0.601. The molecule has 0 spiro atoms. The van der Waals surface area contributed by atoms with E-state index < -0.39 is 9.84 Å². The van der Waals surface area contributed by atoms with Crippen molar-refractivity contribution in [2.45, 2.75) is 5.75 Å². The molecular formula is C19H21N5O2S. The summed E-state index contributed by atoms with van der Waals surface area (Å²) in [4.78, 5) is 8.88.